The van der Waals surface area contributed by atoms with E-state index in [2.05, 4.69) is 4.98 Å². The van der Waals surface area contributed by atoms with E-state index in [0.29, 0.717) is 17.1 Å². The van der Waals surface area contributed by atoms with Crippen LogP contribution in [0.1, 0.15) is 28.6 Å². The molecule has 0 fully saturated rings. The quantitative estimate of drug-likeness (QED) is 0.915. The lowest BCUT2D eigenvalue weighted by Gasteiger charge is -2.12. The molecule has 0 aliphatic rings. The third-order valence-corrected chi connectivity index (χ3v) is 3.22. The molecule has 1 heterocycles. The minimum absolute atomic E-state index is 0.482. The molecule has 0 amide bonds. The van der Waals surface area contributed by atoms with Crippen LogP contribution in [0.3, 0.4) is 0 Å². The van der Waals surface area contributed by atoms with E-state index in [9.17, 15) is 5.11 Å². The summed E-state index contributed by atoms with van der Waals surface area (Å²) >= 11 is 6.16. The standard InChI is InChI=1S/C15H16ClNO/c1-10-6-7-12(13(16)8-10)9-15(18)14-5-3-4-11(2)17-14/h3-8,15,18H,9H2,1-2H3. The number of aliphatic hydroxyl groups is 1. The number of pyridine rings is 1. The van der Waals surface area contributed by atoms with Gasteiger partial charge in [-0.2, -0.15) is 0 Å². The summed E-state index contributed by atoms with van der Waals surface area (Å²) < 4.78 is 0. The van der Waals surface area contributed by atoms with E-state index in [1.807, 2.05) is 50.2 Å². The minimum Gasteiger partial charge on any atom is -0.386 e. The van der Waals surface area contributed by atoms with Crippen molar-refractivity contribution < 1.29 is 5.11 Å². The Morgan fingerprint density at radius 1 is 1.22 bits per heavy atom. The summed E-state index contributed by atoms with van der Waals surface area (Å²) in [6.07, 6.45) is -0.139. The fourth-order valence-corrected chi connectivity index (χ4v) is 2.19. The summed E-state index contributed by atoms with van der Waals surface area (Å²) in [7, 11) is 0. The zero-order valence-corrected chi connectivity index (χ0v) is 11.3. The molecule has 0 radical (unpaired) electrons. The first-order valence-corrected chi connectivity index (χ1v) is 6.30. The van der Waals surface area contributed by atoms with Gasteiger partial charge in [-0.1, -0.05) is 29.8 Å². The zero-order chi connectivity index (χ0) is 13.1. The molecule has 0 saturated carbocycles. The van der Waals surface area contributed by atoms with Gasteiger partial charge in [-0.3, -0.25) is 4.98 Å². The molecule has 18 heavy (non-hydrogen) atoms. The molecular formula is C15H16ClNO. The van der Waals surface area contributed by atoms with Crippen molar-refractivity contribution in [2.24, 2.45) is 0 Å². The van der Waals surface area contributed by atoms with Crippen LogP contribution in [0.15, 0.2) is 36.4 Å². The first-order chi connectivity index (χ1) is 8.56. The van der Waals surface area contributed by atoms with Gasteiger partial charge in [-0.05, 0) is 43.2 Å². The summed E-state index contributed by atoms with van der Waals surface area (Å²) in [5, 5.41) is 10.9. The molecule has 0 aliphatic carbocycles. The lowest BCUT2D eigenvalue weighted by atomic mass is 10.0. The van der Waals surface area contributed by atoms with Crippen molar-refractivity contribution in [3.05, 3.63) is 63.9 Å². The molecule has 0 spiro atoms. The Labute approximate surface area is 112 Å². The monoisotopic (exact) mass is 261 g/mol. The van der Waals surface area contributed by atoms with E-state index >= 15 is 0 Å². The highest BCUT2D eigenvalue weighted by atomic mass is 35.5. The summed E-state index contributed by atoms with van der Waals surface area (Å²) in [4.78, 5) is 4.32. The first-order valence-electron chi connectivity index (χ1n) is 5.93. The van der Waals surface area contributed by atoms with Crippen molar-refractivity contribution in [1.29, 1.82) is 0 Å². The van der Waals surface area contributed by atoms with Crippen molar-refractivity contribution in [3.8, 4) is 0 Å². The van der Waals surface area contributed by atoms with Gasteiger partial charge in [0.1, 0.15) is 6.10 Å². The van der Waals surface area contributed by atoms with Gasteiger partial charge in [0.25, 0.3) is 0 Å². The largest absolute Gasteiger partial charge is 0.386 e. The Balaban J connectivity index is 2.18. The van der Waals surface area contributed by atoms with Crippen LogP contribution in [-0.2, 0) is 6.42 Å². The van der Waals surface area contributed by atoms with Crippen LogP contribution < -0.4 is 0 Å². The molecule has 0 bridgehead atoms. The lowest BCUT2D eigenvalue weighted by Crippen LogP contribution is -2.05. The number of hydrogen-bond acceptors (Lipinski definition) is 2. The van der Waals surface area contributed by atoms with E-state index in [0.717, 1.165) is 16.8 Å². The summed E-state index contributed by atoms with van der Waals surface area (Å²) in [5.41, 5.74) is 3.65. The summed E-state index contributed by atoms with van der Waals surface area (Å²) in [6, 6.07) is 11.5. The molecule has 1 unspecified atom stereocenters. The van der Waals surface area contributed by atoms with E-state index < -0.39 is 6.10 Å². The van der Waals surface area contributed by atoms with Crippen molar-refractivity contribution in [1.82, 2.24) is 4.98 Å². The maximum Gasteiger partial charge on any atom is 0.100 e. The van der Waals surface area contributed by atoms with E-state index in [1.54, 1.807) is 0 Å². The summed E-state index contributed by atoms with van der Waals surface area (Å²) in [5.74, 6) is 0. The number of aromatic nitrogens is 1. The second kappa shape index (κ2) is 5.51. The normalized spacial score (nSPS) is 12.4. The van der Waals surface area contributed by atoms with Gasteiger partial charge in [-0.25, -0.2) is 0 Å². The number of benzene rings is 1. The molecular weight excluding hydrogens is 246 g/mol. The molecule has 2 rings (SSSR count). The van der Waals surface area contributed by atoms with E-state index in [1.165, 1.54) is 0 Å². The van der Waals surface area contributed by atoms with Crippen molar-refractivity contribution in [2.75, 3.05) is 0 Å². The molecule has 0 saturated heterocycles. The molecule has 1 N–H and O–H groups in total. The smallest absolute Gasteiger partial charge is 0.100 e. The number of halogens is 1. The van der Waals surface area contributed by atoms with Gasteiger partial charge in [0.15, 0.2) is 0 Å². The topological polar surface area (TPSA) is 33.1 Å². The average molecular weight is 262 g/mol. The van der Waals surface area contributed by atoms with Gasteiger partial charge >= 0.3 is 0 Å². The highest BCUT2D eigenvalue weighted by Gasteiger charge is 2.12. The van der Waals surface area contributed by atoms with Crippen LogP contribution in [0.25, 0.3) is 0 Å². The Hall–Kier alpha value is -1.38. The van der Waals surface area contributed by atoms with E-state index in [-0.39, 0.29) is 0 Å². The van der Waals surface area contributed by atoms with Gasteiger partial charge in [0.2, 0.25) is 0 Å². The Morgan fingerprint density at radius 3 is 2.67 bits per heavy atom. The second-order valence-electron chi connectivity index (χ2n) is 4.52. The molecule has 1 atom stereocenters. The summed E-state index contributed by atoms with van der Waals surface area (Å²) in [6.45, 7) is 3.91. The Bertz CT molecular complexity index is 554. The molecule has 1 aromatic carbocycles. The van der Waals surface area contributed by atoms with Crippen LogP contribution in [0.5, 0.6) is 0 Å². The first kappa shape index (κ1) is 13.1. The molecule has 2 nitrogen and oxygen atoms in total. The minimum atomic E-state index is -0.620. The molecule has 1 aromatic heterocycles. The van der Waals surface area contributed by atoms with Gasteiger partial charge in [0, 0.05) is 17.1 Å². The fraction of sp³-hybridized carbons (Fsp3) is 0.267. The molecule has 3 heteroatoms. The van der Waals surface area contributed by atoms with Crippen molar-refractivity contribution in [3.63, 3.8) is 0 Å². The predicted octanol–water partition coefficient (Wildman–Crippen LogP) is 3.63. The zero-order valence-electron chi connectivity index (χ0n) is 10.5. The van der Waals surface area contributed by atoms with Crippen LogP contribution in [0.4, 0.5) is 0 Å². The Morgan fingerprint density at radius 2 is 2.00 bits per heavy atom. The number of nitrogens with zero attached hydrogens (tertiary/aromatic N) is 1. The third-order valence-electron chi connectivity index (χ3n) is 2.87. The number of aliphatic hydroxyl groups excluding tert-OH is 1. The highest BCUT2D eigenvalue weighted by molar-refractivity contribution is 6.31. The predicted molar refractivity (Wildman–Crippen MR) is 73.8 cm³/mol. The van der Waals surface area contributed by atoms with Crippen molar-refractivity contribution >= 4 is 11.6 Å². The lowest BCUT2D eigenvalue weighted by molar-refractivity contribution is 0.173. The molecule has 0 aliphatic heterocycles. The van der Waals surface area contributed by atoms with Gasteiger partial charge in [0.05, 0.1) is 5.69 Å². The van der Waals surface area contributed by atoms with Gasteiger partial charge < -0.3 is 5.11 Å². The van der Waals surface area contributed by atoms with Crippen LogP contribution in [0.2, 0.25) is 5.02 Å². The van der Waals surface area contributed by atoms with E-state index in [4.69, 9.17) is 11.6 Å². The highest BCUT2D eigenvalue weighted by Crippen LogP contribution is 2.23. The average Bonchev–Trinajstić information content (AvgIpc) is 2.32. The third kappa shape index (κ3) is 3.09. The van der Waals surface area contributed by atoms with Crippen LogP contribution in [-0.4, -0.2) is 10.1 Å². The maximum absolute atomic E-state index is 10.2. The molecule has 2 aromatic rings. The van der Waals surface area contributed by atoms with Gasteiger partial charge in [-0.15, -0.1) is 0 Å². The fourth-order valence-electron chi connectivity index (χ4n) is 1.88. The number of hydrogen-bond donors (Lipinski definition) is 1. The Kier molecular flexibility index (Phi) is 4.00. The van der Waals surface area contributed by atoms with Crippen LogP contribution in [0, 0.1) is 13.8 Å². The second-order valence-corrected chi connectivity index (χ2v) is 4.93. The molecule has 94 valence electrons. The SMILES string of the molecule is Cc1ccc(CC(O)c2cccc(C)n2)c(Cl)c1. The number of aryl methyl sites for hydroxylation is 2. The number of rotatable bonds is 3. The maximum atomic E-state index is 10.2. The van der Waals surface area contributed by atoms with Crippen molar-refractivity contribution in [2.45, 2.75) is 26.4 Å². The van der Waals surface area contributed by atoms with Crippen LogP contribution >= 0.6 is 11.6 Å².